The van der Waals surface area contributed by atoms with Gasteiger partial charge in [0.1, 0.15) is 59.6 Å². The van der Waals surface area contributed by atoms with E-state index in [4.69, 9.17) is 18.9 Å². The van der Waals surface area contributed by atoms with Crippen LogP contribution in [0.2, 0.25) is 0 Å². The number of aliphatic hydroxyl groups is 4. The normalized spacial score (nSPS) is 29.7. The number of hydrogen-bond donors (Lipinski definition) is 5. The molecule has 32 heavy (non-hydrogen) atoms. The number of Topliss-reactive ketones (excluding diaryl/α,β-unsaturated/α-hetero) is 1. The van der Waals surface area contributed by atoms with Crippen molar-refractivity contribution in [3.8, 4) is 23.0 Å². The van der Waals surface area contributed by atoms with Gasteiger partial charge in [-0.25, -0.2) is 0 Å². The average molecular weight is 448 g/mol. The van der Waals surface area contributed by atoms with Gasteiger partial charge in [-0.15, -0.1) is 0 Å². The molecule has 2 aliphatic rings. The van der Waals surface area contributed by atoms with E-state index in [9.17, 15) is 30.3 Å². The van der Waals surface area contributed by atoms with E-state index < -0.39 is 43.2 Å². The van der Waals surface area contributed by atoms with Crippen LogP contribution in [-0.2, 0) is 4.74 Å². The van der Waals surface area contributed by atoms with Crippen LogP contribution in [0, 0.1) is 0 Å². The standard InChI is InChI=1S/C22H24O10/c1-29-11-4-2-10(3-5-11)13-9-30-15-7-12(6-14(24)17(15)18(13)25)31-22-21(28)20(27)19(26)16(8-23)32-22/h2-7,13,16,19-24,26-28H,8-9H2,1H3/t13-,16+,19+,20+,21-,22-/m1/s1. The monoisotopic (exact) mass is 448 g/mol. The molecule has 2 aromatic carbocycles. The summed E-state index contributed by atoms with van der Waals surface area (Å²) >= 11 is 0. The van der Waals surface area contributed by atoms with Gasteiger partial charge in [0.25, 0.3) is 0 Å². The Balaban J connectivity index is 1.55. The van der Waals surface area contributed by atoms with Crippen molar-refractivity contribution >= 4 is 5.78 Å². The van der Waals surface area contributed by atoms with Crippen LogP contribution in [0.3, 0.4) is 0 Å². The molecule has 10 heteroatoms. The number of rotatable bonds is 5. The first-order valence-corrected chi connectivity index (χ1v) is 9.99. The van der Waals surface area contributed by atoms with Crippen molar-refractivity contribution in [2.75, 3.05) is 20.3 Å². The van der Waals surface area contributed by atoms with Gasteiger partial charge in [0.2, 0.25) is 6.29 Å². The molecule has 1 saturated heterocycles. The molecule has 4 rings (SSSR count). The van der Waals surface area contributed by atoms with Gasteiger partial charge in [-0.3, -0.25) is 4.79 Å². The Morgan fingerprint density at radius 2 is 1.75 bits per heavy atom. The van der Waals surface area contributed by atoms with Crippen molar-refractivity contribution in [2.45, 2.75) is 36.6 Å². The third-order valence-electron chi connectivity index (χ3n) is 5.64. The van der Waals surface area contributed by atoms with E-state index in [0.29, 0.717) is 11.3 Å². The van der Waals surface area contributed by atoms with Crippen LogP contribution in [0.15, 0.2) is 36.4 Å². The van der Waals surface area contributed by atoms with E-state index in [1.807, 2.05) is 0 Å². The van der Waals surface area contributed by atoms with Crippen molar-refractivity contribution in [3.05, 3.63) is 47.5 Å². The minimum atomic E-state index is -1.62. The molecule has 10 nitrogen and oxygen atoms in total. The van der Waals surface area contributed by atoms with Crippen LogP contribution in [-0.4, -0.2) is 82.3 Å². The number of carbonyl (C=O) groups excluding carboxylic acids is 1. The molecule has 0 spiro atoms. The third-order valence-corrected chi connectivity index (χ3v) is 5.64. The second-order valence-electron chi connectivity index (χ2n) is 7.63. The summed E-state index contributed by atoms with van der Waals surface area (Å²) < 4.78 is 21.7. The summed E-state index contributed by atoms with van der Waals surface area (Å²) in [6.07, 6.45) is -7.34. The van der Waals surface area contributed by atoms with Crippen LogP contribution in [0.1, 0.15) is 21.8 Å². The zero-order valence-electron chi connectivity index (χ0n) is 17.1. The highest BCUT2D eigenvalue weighted by Gasteiger charge is 2.45. The predicted octanol–water partition coefficient (Wildman–Crippen LogP) is -0.0616. The van der Waals surface area contributed by atoms with Crippen molar-refractivity contribution < 1.29 is 49.3 Å². The maximum atomic E-state index is 13.0. The fraction of sp³-hybridized carbons (Fsp3) is 0.409. The van der Waals surface area contributed by atoms with Crippen molar-refractivity contribution in [2.24, 2.45) is 0 Å². The first-order valence-electron chi connectivity index (χ1n) is 9.99. The van der Waals surface area contributed by atoms with Crippen molar-refractivity contribution in [1.82, 2.24) is 0 Å². The number of carbonyl (C=O) groups is 1. The smallest absolute Gasteiger partial charge is 0.229 e. The maximum absolute atomic E-state index is 13.0. The fourth-order valence-corrected chi connectivity index (χ4v) is 3.81. The molecule has 0 radical (unpaired) electrons. The number of ether oxygens (including phenoxy) is 4. The third kappa shape index (κ3) is 3.98. The van der Waals surface area contributed by atoms with E-state index >= 15 is 0 Å². The zero-order valence-corrected chi connectivity index (χ0v) is 17.1. The molecular formula is C22H24O10. The molecule has 1 fully saturated rings. The van der Waals surface area contributed by atoms with Crippen molar-refractivity contribution in [3.63, 3.8) is 0 Å². The average Bonchev–Trinajstić information content (AvgIpc) is 2.79. The van der Waals surface area contributed by atoms with Gasteiger partial charge in [-0.05, 0) is 17.7 Å². The maximum Gasteiger partial charge on any atom is 0.229 e. The molecule has 2 aromatic rings. The lowest BCUT2D eigenvalue weighted by atomic mass is 9.88. The number of hydrogen-bond acceptors (Lipinski definition) is 10. The van der Waals surface area contributed by atoms with Gasteiger partial charge >= 0.3 is 0 Å². The second-order valence-corrected chi connectivity index (χ2v) is 7.63. The summed E-state index contributed by atoms with van der Waals surface area (Å²) in [5, 5.41) is 49.7. The van der Waals surface area contributed by atoms with Crippen LogP contribution in [0.4, 0.5) is 0 Å². The Hall–Kier alpha value is -2.89. The summed E-state index contributed by atoms with van der Waals surface area (Å²) in [5.41, 5.74) is 0.709. The van der Waals surface area contributed by atoms with Gasteiger partial charge in [0.15, 0.2) is 5.78 Å². The minimum Gasteiger partial charge on any atom is -0.507 e. The number of benzene rings is 2. The largest absolute Gasteiger partial charge is 0.507 e. The minimum absolute atomic E-state index is 0.00118. The van der Waals surface area contributed by atoms with Gasteiger partial charge in [0.05, 0.1) is 19.6 Å². The summed E-state index contributed by atoms with van der Waals surface area (Å²) in [5.74, 6) is -0.577. The van der Waals surface area contributed by atoms with E-state index in [0.717, 1.165) is 6.07 Å². The molecule has 172 valence electrons. The second kappa shape index (κ2) is 8.93. The topological polar surface area (TPSA) is 155 Å². The van der Waals surface area contributed by atoms with Crippen LogP contribution in [0.5, 0.6) is 23.0 Å². The summed E-state index contributed by atoms with van der Waals surface area (Å²) in [6.45, 7) is -0.564. The molecule has 0 aliphatic carbocycles. The highest BCUT2D eigenvalue weighted by molar-refractivity contribution is 6.06. The van der Waals surface area contributed by atoms with E-state index in [1.165, 1.54) is 6.07 Å². The SMILES string of the molecule is COc1ccc([C@H]2COc3cc(O[C@@H]4O[C@@H](CO)[C@H](O)[C@H](O)[C@H]4O)cc(O)c3C2=O)cc1. The molecule has 2 heterocycles. The Kier molecular flexibility index (Phi) is 6.22. The number of fused-ring (bicyclic) bond motifs is 1. The lowest BCUT2D eigenvalue weighted by molar-refractivity contribution is -0.277. The lowest BCUT2D eigenvalue weighted by Gasteiger charge is -2.39. The molecular weight excluding hydrogens is 424 g/mol. The van der Waals surface area contributed by atoms with E-state index in [1.54, 1.807) is 31.4 Å². The van der Waals surface area contributed by atoms with E-state index in [-0.39, 0.29) is 35.2 Å². The summed E-state index contributed by atoms with van der Waals surface area (Å²) in [4.78, 5) is 13.0. The van der Waals surface area contributed by atoms with E-state index in [2.05, 4.69) is 0 Å². The molecule has 0 bridgehead atoms. The van der Waals surface area contributed by atoms with Crippen molar-refractivity contribution in [1.29, 1.82) is 0 Å². The lowest BCUT2D eigenvalue weighted by Crippen LogP contribution is -2.60. The quantitative estimate of drug-likeness (QED) is 0.420. The number of phenols is 1. The Morgan fingerprint density at radius 1 is 1.03 bits per heavy atom. The van der Waals surface area contributed by atoms with Gasteiger partial charge < -0.3 is 44.5 Å². The molecule has 0 amide bonds. The zero-order chi connectivity index (χ0) is 23.0. The Morgan fingerprint density at radius 3 is 2.41 bits per heavy atom. The van der Waals surface area contributed by atoms with Gasteiger partial charge in [0, 0.05) is 12.1 Å². The number of aromatic hydroxyl groups is 1. The number of phenolic OH excluding ortho intramolecular Hbond substituents is 1. The molecule has 0 saturated carbocycles. The number of aliphatic hydroxyl groups excluding tert-OH is 4. The fourth-order valence-electron chi connectivity index (χ4n) is 3.81. The van der Waals surface area contributed by atoms with Crippen LogP contribution >= 0.6 is 0 Å². The summed E-state index contributed by atoms with van der Waals surface area (Å²) in [7, 11) is 1.54. The highest BCUT2D eigenvalue weighted by atomic mass is 16.7. The highest BCUT2D eigenvalue weighted by Crippen LogP contribution is 2.41. The Labute approximate surface area is 183 Å². The first kappa shape index (κ1) is 22.3. The molecule has 0 aromatic heterocycles. The molecule has 5 N–H and O–H groups in total. The van der Waals surface area contributed by atoms with Gasteiger partial charge in [-0.1, -0.05) is 12.1 Å². The van der Waals surface area contributed by atoms with Gasteiger partial charge in [-0.2, -0.15) is 0 Å². The van der Waals surface area contributed by atoms with Crippen LogP contribution < -0.4 is 14.2 Å². The number of ketones is 1. The van der Waals surface area contributed by atoms with Crippen LogP contribution in [0.25, 0.3) is 0 Å². The predicted molar refractivity (Wildman–Crippen MR) is 108 cm³/mol. The Bertz CT molecular complexity index is 973. The molecule has 6 atom stereocenters. The molecule has 0 unspecified atom stereocenters. The summed E-state index contributed by atoms with van der Waals surface area (Å²) in [6, 6.07) is 9.49. The molecule has 2 aliphatic heterocycles. The number of methoxy groups -OCH3 is 1. The first-order chi connectivity index (χ1) is 15.3.